The van der Waals surface area contributed by atoms with Crippen molar-refractivity contribution < 1.29 is 4.39 Å². The van der Waals surface area contributed by atoms with E-state index < -0.39 is 0 Å². The van der Waals surface area contributed by atoms with Gasteiger partial charge in [0.15, 0.2) is 5.65 Å². The van der Waals surface area contributed by atoms with Crippen molar-refractivity contribution in [1.29, 1.82) is 0 Å². The third-order valence-electron chi connectivity index (χ3n) is 5.50. The standard InChI is InChI=1S/C25H17FN6/c1-14-8-15(10-17(26)9-14)23-18-12-22(30-21(18)5-7-28-23)24-19-11-16(13-29-25(19)32-31-24)20-4-2-3-6-27-20/h2-13,30H,1H3,(H,29,31,32). The van der Waals surface area contributed by atoms with Gasteiger partial charge in [0.05, 0.1) is 17.1 Å². The number of hydrogen-bond donors (Lipinski definition) is 2. The lowest BCUT2D eigenvalue weighted by Gasteiger charge is -2.04. The Morgan fingerprint density at radius 3 is 2.59 bits per heavy atom. The largest absolute Gasteiger partial charge is 0.353 e. The summed E-state index contributed by atoms with van der Waals surface area (Å²) in [5, 5.41) is 9.30. The van der Waals surface area contributed by atoms with Crippen LogP contribution in [0.25, 0.3) is 55.8 Å². The molecule has 5 heterocycles. The summed E-state index contributed by atoms with van der Waals surface area (Å²) in [6.45, 7) is 1.87. The van der Waals surface area contributed by atoms with Gasteiger partial charge >= 0.3 is 0 Å². The maximum absolute atomic E-state index is 14.0. The van der Waals surface area contributed by atoms with Crippen LogP contribution in [0.1, 0.15) is 5.56 Å². The van der Waals surface area contributed by atoms with Gasteiger partial charge in [0.2, 0.25) is 0 Å². The highest BCUT2D eigenvalue weighted by Gasteiger charge is 2.16. The zero-order valence-electron chi connectivity index (χ0n) is 17.1. The summed E-state index contributed by atoms with van der Waals surface area (Å²) >= 11 is 0. The predicted octanol–water partition coefficient (Wildman–Crippen LogP) is 5.68. The van der Waals surface area contributed by atoms with Crippen molar-refractivity contribution >= 4 is 21.9 Å². The minimum atomic E-state index is -0.277. The Hall–Kier alpha value is -4.39. The first kappa shape index (κ1) is 18.4. The Morgan fingerprint density at radius 2 is 1.75 bits per heavy atom. The van der Waals surface area contributed by atoms with Crippen LogP contribution in [0, 0.1) is 12.7 Å². The molecule has 2 N–H and O–H groups in total. The maximum Gasteiger partial charge on any atom is 0.155 e. The molecular formula is C25H17FN6. The summed E-state index contributed by atoms with van der Waals surface area (Å²) in [7, 11) is 0. The van der Waals surface area contributed by atoms with Crippen LogP contribution in [0.2, 0.25) is 0 Å². The van der Waals surface area contributed by atoms with Gasteiger partial charge in [0.25, 0.3) is 0 Å². The Balaban J connectivity index is 1.52. The second kappa shape index (κ2) is 7.09. The predicted molar refractivity (Wildman–Crippen MR) is 122 cm³/mol. The monoisotopic (exact) mass is 420 g/mol. The van der Waals surface area contributed by atoms with E-state index in [2.05, 4.69) is 30.1 Å². The Labute approximate surface area is 182 Å². The second-order valence-corrected chi connectivity index (χ2v) is 7.73. The van der Waals surface area contributed by atoms with Crippen molar-refractivity contribution in [2.45, 2.75) is 6.92 Å². The number of pyridine rings is 3. The van der Waals surface area contributed by atoms with Crippen LogP contribution >= 0.6 is 0 Å². The summed E-state index contributed by atoms with van der Waals surface area (Å²) < 4.78 is 14.0. The molecule has 0 radical (unpaired) electrons. The molecule has 0 spiro atoms. The van der Waals surface area contributed by atoms with E-state index in [-0.39, 0.29) is 5.82 Å². The normalized spacial score (nSPS) is 11.4. The SMILES string of the molecule is Cc1cc(F)cc(-c2nccc3[nH]c(-c4n[nH]c5ncc(-c6ccccn6)cc45)cc23)c1. The number of benzene rings is 1. The summed E-state index contributed by atoms with van der Waals surface area (Å²) in [5.74, 6) is -0.277. The fourth-order valence-corrected chi connectivity index (χ4v) is 4.07. The van der Waals surface area contributed by atoms with Gasteiger partial charge in [-0.15, -0.1) is 0 Å². The van der Waals surface area contributed by atoms with Gasteiger partial charge in [-0.1, -0.05) is 6.07 Å². The summed E-state index contributed by atoms with van der Waals surface area (Å²) in [5.41, 5.74) is 7.24. The number of aromatic nitrogens is 6. The molecule has 1 aromatic carbocycles. The molecule has 0 saturated heterocycles. The molecule has 154 valence electrons. The van der Waals surface area contributed by atoms with Gasteiger partial charge in [-0.25, -0.2) is 9.37 Å². The maximum atomic E-state index is 14.0. The molecule has 0 unspecified atom stereocenters. The number of nitrogens with one attached hydrogen (secondary N) is 2. The van der Waals surface area contributed by atoms with Gasteiger partial charge in [0, 0.05) is 46.0 Å². The number of nitrogens with zero attached hydrogens (tertiary/aromatic N) is 4. The fourth-order valence-electron chi connectivity index (χ4n) is 4.07. The molecule has 0 atom stereocenters. The first-order valence-electron chi connectivity index (χ1n) is 10.2. The topological polar surface area (TPSA) is 83.1 Å². The van der Waals surface area contributed by atoms with Crippen molar-refractivity contribution in [3.63, 3.8) is 0 Å². The van der Waals surface area contributed by atoms with E-state index >= 15 is 0 Å². The van der Waals surface area contributed by atoms with Crippen LogP contribution in [-0.2, 0) is 0 Å². The third kappa shape index (κ3) is 3.02. The van der Waals surface area contributed by atoms with E-state index in [9.17, 15) is 4.39 Å². The lowest BCUT2D eigenvalue weighted by atomic mass is 10.0. The van der Waals surface area contributed by atoms with E-state index in [4.69, 9.17) is 0 Å². The minimum absolute atomic E-state index is 0.277. The molecule has 0 saturated carbocycles. The number of hydrogen-bond acceptors (Lipinski definition) is 4. The van der Waals surface area contributed by atoms with Crippen LogP contribution in [-0.4, -0.2) is 30.1 Å². The molecule has 0 aliphatic carbocycles. The molecule has 0 aliphatic heterocycles. The quantitative estimate of drug-likeness (QED) is 0.386. The number of fused-ring (bicyclic) bond motifs is 2. The van der Waals surface area contributed by atoms with Gasteiger partial charge in [0.1, 0.15) is 11.5 Å². The van der Waals surface area contributed by atoms with Crippen LogP contribution in [0.15, 0.2) is 73.2 Å². The summed E-state index contributed by atoms with van der Waals surface area (Å²) in [4.78, 5) is 16.9. The number of halogens is 1. The van der Waals surface area contributed by atoms with Crippen LogP contribution < -0.4 is 0 Å². The fraction of sp³-hybridized carbons (Fsp3) is 0.0400. The smallest absolute Gasteiger partial charge is 0.155 e. The molecule has 6 nitrogen and oxygen atoms in total. The lowest BCUT2D eigenvalue weighted by molar-refractivity contribution is 0.627. The zero-order valence-corrected chi connectivity index (χ0v) is 17.1. The average Bonchev–Trinajstić information content (AvgIpc) is 3.42. The number of rotatable bonds is 3. The van der Waals surface area contributed by atoms with E-state index in [1.807, 2.05) is 49.4 Å². The van der Waals surface area contributed by atoms with E-state index in [0.717, 1.165) is 55.8 Å². The molecule has 0 fully saturated rings. The summed E-state index contributed by atoms with van der Waals surface area (Å²) in [6.07, 6.45) is 5.27. The first-order valence-corrected chi connectivity index (χ1v) is 10.2. The van der Waals surface area contributed by atoms with E-state index in [1.165, 1.54) is 12.1 Å². The molecular weight excluding hydrogens is 403 g/mol. The molecule has 32 heavy (non-hydrogen) atoms. The first-order chi connectivity index (χ1) is 15.7. The number of aryl methyl sites for hydroxylation is 1. The lowest BCUT2D eigenvalue weighted by Crippen LogP contribution is -1.87. The van der Waals surface area contributed by atoms with Crippen molar-refractivity contribution in [1.82, 2.24) is 30.1 Å². The molecule has 7 heteroatoms. The Kier molecular flexibility index (Phi) is 4.07. The van der Waals surface area contributed by atoms with Crippen molar-refractivity contribution in [2.24, 2.45) is 0 Å². The van der Waals surface area contributed by atoms with Gasteiger partial charge in [-0.05, 0) is 61.0 Å². The van der Waals surface area contributed by atoms with Crippen LogP contribution in [0.3, 0.4) is 0 Å². The average molecular weight is 420 g/mol. The molecule has 6 rings (SSSR count). The number of H-pyrrole nitrogens is 2. The van der Waals surface area contributed by atoms with Crippen molar-refractivity contribution in [2.75, 3.05) is 0 Å². The molecule has 0 amide bonds. The van der Waals surface area contributed by atoms with Crippen LogP contribution in [0.4, 0.5) is 4.39 Å². The Bertz CT molecular complexity index is 1580. The Morgan fingerprint density at radius 1 is 0.812 bits per heavy atom. The highest BCUT2D eigenvalue weighted by Crippen LogP contribution is 2.34. The van der Waals surface area contributed by atoms with Crippen molar-refractivity contribution in [3.05, 3.63) is 84.6 Å². The van der Waals surface area contributed by atoms with Gasteiger partial charge in [-0.3, -0.25) is 15.1 Å². The molecule has 0 aliphatic rings. The molecule has 6 aromatic rings. The van der Waals surface area contributed by atoms with Gasteiger partial charge in [-0.2, -0.15) is 5.10 Å². The van der Waals surface area contributed by atoms with E-state index in [1.54, 1.807) is 18.6 Å². The molecule has 5 aromatic heterocycles. The third-order valence-corrected chi connectivity index (χ3v) is 5.50. The number of aromatic amines is 2. The van der Waals surface area contributed by atoms with Gasteiger partial charge < -0.3 is 4.98 Å². The highest BCUT2D eigenvalue weighted by molar-refractivity contribution is 5.99. The van der Waals surface area contributed by atoms with Crippen molar-refractivity contribution in [3.8, 4) is 33.9 Å². The summed E-state index contributed by atoms with van der Waals surface area (Å²) in [6, 6.07) is 16.7. The zero-order chi connectivity index (χ0) is 21.7. The van der Waals surface area contributed by atoms with E-state index in [0.29, 0.717) is 5.65 Å². The second-order valence-electron chi connectivity index (χ2n) is 7.73. The van der Waals surface area contributed by atoms with Crippen LogP contribution in [0.5, 0.6) is 0 Å². The highest BCUT2D eigenvalue weighted by atomic mass is 19.1. The molecule has 0 bridgehead atoms. The minimum Gasteiger partial charge on any atom is -0.353 e.